The van der Waals surface area contributed by atoms with Gasteiger partial charge in [-0.1, -0.05) is 24.2 Å². The van der Waals surface area contributed by atoms with E-state index in [-0.39, 0.29) is 0 Å². The van der Waals surface area contributed by atoms with Crippen LogP contribution in [0.1, 0.15) is 30.7 Å². The van der Waals surface area contributed by atoms with Crippen molar-refractivity contribution in [1.82, 2.24) is 19.7 Å². The van der Waals surface area contributed by atoms with Gasteiger partial charge in [-0.05, 0) is 36.1 Å². The number of para-hydroxylation sites is 1. The Hall–Kier alpha value is -2.87. The number of rotatable bonds is 2. The molecule has 6 rings (SSSR count). The summed E-state index contributed by atoms with van der Waals surface area (Å²) in [6.45, 7) is 2.59. The van der Waals surface area contributed by atoms with Crippen molar-refractivity contribution in [3.05, 3.63) is 47.1 Å². The molecule has 2 aromatic heterocycles. The minimum Gasteiger partial charge on any atom is -0.313 e. The minimum atomic E-state index is 0.397. The van der Waals surface area contributed by atoms with Crippen molar-refractivity contribution in [2.24, 2.45) is 10.9 Å². The Morgan fingerprint density at radius 2 is 2.12 bits per heavy atom. The zero-order chi connectivity index (χ0) is 17.4. The van der Waals surface area contributed by atoms with Gasteiger partial charge in [0.15, 0.2) is 17.5 Å². The van der Waals surface area contributed by atoms with E-state index < -0.39 is 0 Å². The molecule has 9 heteroatoms. The van der Waals surface area contributed by atoms with E-state index in [9.17, 15) is 0 Å². The van der Waals surface area contributed by atoms with Gasteiger partial charge in [-0.25, -0.2) is 20.0 Å². The van der Waals surface area contributed by atoms with Crippen LogP contribution in [0.5, 0.6) is 0 Å². The summed E-state index contributed by atoms with van der Waals surface area (Å²) in [6, 6.07) is 8.42. The Morgan fingerprint density at radius 3 is 2.96 bits per heavy atom. The molecule has 0 N–H and O–H groups in total. The van der Waals surface area contributed by atoms with Crippen LogP contribution in [0.2, 0.25) is 5.28 Å². The number of amidine groups is 1. The maximum Gasteiger partial charge on any atom is 0.345 e. The van der Waals surface area contributed by atoms with E-state index in [0.29, 0.717) is 29.8 Å². The second-order valence-electron chi connectivity index (χ2n) is 6.83. The molecule has 1 fully saturated rings. The van der Waals surface area contributed by atoms with Gasteiger partial charge < -0.3 is 4.52 Å². The zero-order valence-corrected chi connectivity index (χ0v) is 14.6. The summed E-state index contributed by atoms with van der Waals surface area (Å²) in [7, 11) is 0. The molecule has 0 saturated heterocycles. The van der Waals surface area contributed by atoms with Gasteiger partial charge >= 0.3 is 6.01 Å². The second kappa shape index (κ2) is 4.85. The van der Waals surface area contributed by atoms with E-state index in [1.807, 2.05) is 38.9 Å². The number of halogens is 1. The fourth-order valence-corrected chi connectivity index (χ4v) is 3.90. The largest absolute Gasteiger partial charge is 0.345 e. The second-order valence-corrected chi connectivity index (χ2v) is 7.17. The highest BCUT2D eigenvalue weighted by Crippen LogP contribution is 2.46. The number of hydrazine groups is 1. The maximum atomic E-state index is 6.35. The van der Waals surface area contributed by atoms with Gasteiger partial charge in [-0.3, -0.25) is 4.57 Å². The third-order valence-electron chi connectivity index (χ3n) is 5.19. The number of imidazole rings is 1. The van der Waals surface area contributed by atoms with E-state index >= 15 is 0 Å². The quantitative estimate of drug-likeness (QED) is 0.693. The van der Waals surface area contributed by atoms with Crippen LogP contribution in [0.4, 0.5) is 11.8 Å². The van der Waals surface area contributed by atoms with Gasteiger partial charge in [-0.2, -0.15) is 4.98 Å². The van der Waals surface area contributed by atoms with Crippen molar-refractivity contribution in [2.45, 2.75) is 19.3 Å². The number of hydrogen-bond acceptors (Lipinski definition) is 7. The first-order chi connectivity index (χ1) is 12.7. The van der Waals surface area contributed by atoms with E-state index in [1.54, 1.807) is 6.20 Å². The summed E-state index contributed by atoms with van der Waals surface area (Å²) in [5, 5.41) is 8.36. The van der Waals surface area contributed by atoms with Crippen LogP contribution in [0, 0.1) is 5.92 Å². The third kappa shape index (κ3) is 1.79. The maximum absolute atomic E-state index is 6.35. The monoisotopic (exact) mass is 367 g/mol. The Kier molecular flexibility index (Phi) is 2.67. The van der Waals surface area contributed by atoms with E-state index in [0.717, 1.165) is 35.1 Å². The Morgan fingerprint density at radius 1 is 1.27 bits per heavy atom. The first kappa shape index (κ1) is 14.3. The fraction of sp³-hybridized carbons (Fsp3) is 0.294. The predicted molar refractivity (Wildman–Crippen MR) is 95.8 cm³/mol. The summed E-state index contributed by atoms with van der Waals surface area (Å²) >= 11 is 6.35. The van der Waals surface area contributed by atoms with E-state index in [1.165, 1.54) is 0 Å². The van der Waals surface area contributed by atoms with Crippen molar-refractivity contribution in [3.63, 3.8) is 0 Å². The Balaban J connectivity index is 1.47. The molecule has 1 aliphatic carbocycles. The number of anilines is 2. The highest BCUT2D eigenvalue weighted by atomic mass is 35.5. The van der Waals surface area contributed by atoms with Crippen molar-refractivity contribution < 1.29 is 4.52 Å². The van der Waals surface area contributed by atoms with Gasteiger partial charge in [-0.15, -0.1) is 0 Å². The lowest BCUT2D eigenvalue weighted by Crippen LogP contribution is -2.45. The molecule has 0 radical (unpaired) electrons. The lowest BCUT2D eigenvalue weighted by molar-refractivity contribution is 0.408. The minimum absolute atomic E-state index is 0.397. The summed E-state index contributed by atoms with van der Waals surface area (Å²) in [6.07, 6.45) is 2.84. The molecule has 0 bridgehead atoms. The molecular weight excluding hydrogens is 354 g/mol. The first-order valence-corrected chi connectivity index (χ1v) is 8.89. The number of benzene rings is 1. The molecule has 130 valence electrons. The van der Waals surface area contributed by atoms with E-state index in [4.69, 9.17) is 21.1 Å². The van der Waals surface area contributed by atoms with Crippen LogP contribution in [0.15, 0.2) is 40.0 Å². The fourth-order valence-electron chi connectivity index (χ4n) is 3.67. The molecule has 3 aromatic rings. The van der Waals surface area contributed by atoms with Crippen LogP contribution in [0.3, 0.4) is 0 Å². The molecule has 26 heavy (non-hydrogen) atoms. The standard InChI is InChI=1S/C17H14ClN7O/c1-9-6-11(9)14-21-17(26-22-14)23-8-20-15-10-4-2-3-5-12(10)24-13(25(15)23)7-19-16(24)18/h2-5,7,9,11H,6,8H2,1H3. The Bertz CT molecular complexity index is 1070. The van der Waals surface area contributed by atoms with Gasteiger partial charge in [0.2, 0.25) is 5.28 Å². The molecular formula is C17H14ClN7O. The molecule has 0 spiro atoms. The number of nitrogens with zero attached hydrogens (tertiary/aromatic N) is 7. The van der Waals surface area contributed by atoms with Crippen LogP contribution >= 0.6 is 11.6 Å². The number of fused-ring (bicyclic) bond motifs is 6. The van der Waals surface area contributed by atoms with Gasteiger partial charge in [0.05, 0.1) is 11.9 Å². The molecule has 2 aliphatic heterocycles. The normalized spacial score (nSPS) is 22.8. The molecule has 3 aliphatic rings. The predicted octanol–water partition coefficient (Wildman–Crippen LogP) is 2.99. The van der Waals surface area contributed by atoms with E-state index in [2.05, 4.69) is 22.0 Å². The number of aliphatic imine (C=N–C) groups is 1. The van der Waals surface area contributed by atoms with Crippen LogP contribution in [-0.4, -0.2) is 32.2 Å². The van der Waals surface area contributed by atoms with Crippen LogP contribution in [-0.2, 0) is 0 Å². The lowest BCUT2D eigenvalue weighted by atomic mass is 10.1. The third-order valence-corrected chi connectivity index (χ3v) is 5.46. The number of aromatic nitrogens is 4. The van der Waals surface area contributed by atoms with Crippen molar-refractivity contribution in [1.29, 1.82) is 0 Å². The average Bonchev–Trinajstić information content (AvgIpc) is 3.05. The van der Waals surface area contributed by atoms with Gasteiger partial charge in [0.25, 0.3) is 0 Å². The molecule has 4 heterocycles. The van der Waals surface area contributed by atoms with Crippen molar-refractivity contribution >= 4 is 29.3 Å². The summed E-state index contributed by atoms with van der Waals surface area (Å²) in [5.41, 5.74) is 1.94. The van der Waals surface area contributed by atoms with Crippen molar-refractivity contribution in [3.8, 4) is 5.69 Å². The zero-order valence-electron chi connectivity index (χ0n) is 13.9. The highest BCUT2D eigenvalue weighted by molar-refractivity contribution is 6.29. The lowest BCUT2D eigenvalue weighted by Gasteiger charge is -2.33. The summed E-state index contributed by atoms with van der Waals surface area (Å²) in [5.74, 6) is 3.41. The van der Waals surface area contributed by atoms with Crippen LogP contribution in [0.25, 0.3) is 5.69 Å². The van der Waals surface area contributed by atoms with Gasteiger partial charge in [0.1, 0.15) is 6.67 Å². The molecule has 2 unspecified atom stereocenters. The van der Waals surface area contributed by atoms with Crippen molar-refractivity contribution in [2.75, 3.05) is 16.7 Å². The number of hydrogen-bond donors (Lipinski definition) is 0. The smallest absolute Gasteiger partial charge is 0.313 e. The topological polar surface area (TPSA) is 75.6 Å². The summed E-state index contributed by atoms with van der Waals surface area (Å²) < 4.78 is 7.44. The SMILES string of the molecule is CC1CC1c1noc(N2CN=C3c4ccccc4-n4c(cnc4Cl)N32)n1. The molecule has 1 aromatic carbocycles. The Labute approximate surface area is 153 Å². The van der Waals surface area contributed by atoms with Gasteiger partial charge in [0, 0.05) is 11.5 Å². The molecule has 0 amide bonds. The molecule has 1 saturated carbocycles. The molecule has 8 nitrogen and oxygen atoms in total. The summed E-state index contributed by atoms with van der Waals surface area (Å²) in [4.78, 5) is 13.6. The highest BCUT2D eigenvalue weighted by Gasteiger charge is 2.42. The first-order valence-electron chi connectivity index (χ1n) is 8.51. The average molecular weight is 368 g/mol. The molecule has 2 atom stereocenters. The van der Waals surface area contributed by atoms with Crippen LogP contribution < -0.4 is 10.0 Å².